The molecule has 0 saturated carbocycles. The Bertz CT molecular complexity index is 895. The van der Waals surface area contributed by atoms with Crippen molar-refractivity contribution in [3.8, 4) is 0 Å². The zero-order valence-corrected chi connectivity index (χ0v) is 16.8. The number of aryl methyl sites for hydroxylation is 1. The molecule has 3 rings (SSSR count). The van der Waals surface area contributed by atoms with Crippen molar-refractivity contribution in [3.05, 3.63) is 51.9 Å². The van der Waals surface area contributed by atoms with Gasteiger partial charge in [-0.1, -0.05) is 29.8 Å². The molecule has 1 aliphatic rings. The van der Waals surface area contributed by atoms with Crippen LogP contribution in [-0.4, -0.2) is 31.7 Å². The predicted molar refractivity (Wildman–Crippen MR) is 104 cm³/mol. The fraction of sp³-hybridized carbons (Fsp3) is 0.389. The molecule has 1 atom stereocenters. The molecule has 0 bridgehead atoms. The van der Waals surface area contributed by atoms with Gasteiger partial charge in [0.1, 0.15) is 4.21 Å². The molecule has 5 nitrogen and oxygen atoms in total. The van der Waals surface area contributed by atoms with Crippen molar-refractivity contribution >= 4 is 38.9 Å². The van der Waals surface area contributed by atoms with Crippen molar-refractivity contribution in [2.24, 2.45) is 5.92 Å². The molecule has 1 aromatic heterocycles. The Morgan fingerprint density at radius 3 is 2.77 bits per heavy atom. The zero-order chi connectivity index (χ0) is 18.7. The van der Waals surface area contributed by atoms with Crippen LogP contribution >= 0.6 is 22.9 Å². The van der Waals surface area contributed by atoms with Crippen molar-refractivity contribution in [3.63, 3.8) is 0 Å². The van der Waals surface area contributed by atoms with Crippen molar-refractivity contribution in [2.45, 2.75) is 30.5 Å². The molecule has 26 heavy (non-hydrogen) atoms. The maximum absolute atomic E-state index is 12.8. The Morgan fingerprint density at radius 1 is 1.31 bits per heavy atom. The van der Waals surface area contributed by atoms with E-state index in [2.05, 4.69) is 5.32 Å². The molecule has 0 aliphatic carbocycles. The van der Waals surface area contributed by atoms with Crippen LogP contribution in [0.3, 0.4) is 0 Å². The lowest BCUT2D eigenvalue weighted by atomic mass is 9.99. The third-order valence-corrected chi connectivity index (χ3v) is 8.18. The number of rotatable bonds is 5. The van der Waals surface area contributed by atoms with E-state index in [4.69, 9.17) is 11.6 Å². The van der Waals surface area contributed by atoms with Gasteiger partial charge in [0.15, 0.2) is 0 Å². The van der Waals surface area contributed by atoms with Gasteiger partial charge in [-0.05, 0) is 43.5 Å². The zero-order valence-electron chi connectivity index (χ0n) is 14.4. The summed E-state index contributed by atoms with van der Waals surface area (Å²) in [6.07, 6.45) is 1.36. The minimum Gasteiger partial charge on any atom is -0.352 e. The fourth-order valence-corrected chi connectivity index (χ4v) is 6.19. The Morgan fingerprint density at radius 2 is 2.08 bits per heavy atom. The Labute approximate surface area is 163 Å². The number of carbonyl (C=O) groups is 1. The largest absolute Gasteiger partial charge is 0.352 e. The molecule has 1 aliphatic heterocycles. The molecule has 1 aromatic carbocycles. The first-order chi connectivity index (χ1) is 12.4. The van der Waals surface area contributed by atoms with E-state index < -0.39 is 10.0 Å². The number of piperidine rings is 1. The maximum Gasteiger partial charge on any atom is 0.252 e. The van der Waals surface area contributed by atoms with Crippen LogP contribution in [0.5, 0.6) is 0 Å². The average molecular weight is 413 g/mol. The van der Waals surface area contributed by atoms with Crippen LogP contribution in [0.2, 0.25) is 5.02 Å². The third kappa shape index (κ3) is 4.28. The summed E-state index contributed by atoms with van der Waals surface area (Å²) in [5.41, 5.74) is 0.844. The molecule has 0 spiro atoms. The van der Waals surface area contributed by atoms with Gasteiger partial charge in [-0.15, -0.1) is 11.3 Å². The van der Waals surface area contributed by atoms with Crippen molar-refractivity contribution < 1.29 is 13.2 Å². The van der Waals surface area contributed by atoms with E-state index in [0.29, 0.717) is 35.2 Å². The van der Waals surface area contributed by atoms with E-state index >= 15 is 0 Å². The quantitative estimate of drug-likeness (QED) is 0.818. The van der Waals surface area contributed by atoms with Gasteiger partial charge in [-0.25, -0.2) is 8.42 Å². The number of nitrogens with one attached hydrogen (secondary N) is 1. The number of halogens is 1. The molecule has 0 radical (unpaired) electrons. The number of benzene rings is 1. The second kappa shape index (κ2) is 8.08. The first-order valence-corrected chi connectivity index (χ1v) is 11.1. The van der Waals surface area contributed by atoms with Crippen LogP contribution in [0.15, 0.2) is 40.6 Å². The van der Waals surface area contributed by atoms with E-state index in [1.807, 2.05) is 25.1 Å². The van der Waals surface area contributed by atoms with Gasteiger partial charge in [0.25, 0.3) is 10.0 Å². The van der Waals surface area contributed by atoms with Gasteiger partial charge < -0.3 is 5.32 Å². The molecule has 2 aromatic rings. The number of sulfonamides is 1. The molecular formula is C18H21ClN2O3S2. The SMILES string of the molecule is Cc1ccc(S(=O)(=O)N2CCC[C@@H](C(=O)NCc3ccccc3Cl)C2)s1. The minimum atomic E-state index is -3.53. The van der Waals surface area contributed by atoms with Crippen molar-refractivity contribution in [1.82, 2.24) is 9.62 Å². The Balaban J connectivity index is 1.64. The van der Waals surface area contributed by atoms with E-state index in [0.717, 1.165) is 10.4 Å². The van der Waals surface area contributed by atoms with Crippen LogP contribution < -0.4 is 5.32 Å². The maximum atomic E-state index is 12.8. The van der Waals surface area contributed by atoms with Gasteiger partial charge >= 0.3 is 0 Å². The second-order valence-electron chi connectivity index (χ2n) is 6.38. The number of hydrogen-bond donors (Lipinski definition) is 1. The summed E-state index contributed by atoms with van der Waals surface area (Å²) in [5.74, 6) is -0.478. The molecule has 1 fully saturated rings. The van der Waals surface area contributed by atoms with E-state index in [9.17, 15) is 13.2 Å². The van der Waals surface area contributed by atoms with Gasteiger partial charge in [-0.2, -0.15) is 4.31 Å². The number of nitrogens with zero attached hydrogens (tertiary/aromatic N) is 1. The summed E-state index contributed by atoms with van der Waals surface area (Å²) in [6.45, 7) is 2.89. The lowest BCUT2D eigenvalue weighted by Crippen LogP contribution is -2.45. The van der Waals surface area contributed by atoms with E-state index in [-0.39, 0.29) is 18.4 Å². The van der Waals surface area contributed by atoms with E-state index in [1.165, 1.54) is 15.6 Å². The van der Waals surface area contributed by atoms with Gasteiger partial charge in [0.05, 0.1) is 5.92 Å². The highest BCUT2D eigenvalue weighted by Crippen LogP contribution is 2.28. The molecule has 1 N–H and O–H groups in total. The van der Waals surface area contributed by atoms with Crippen LogP contribution in [0, 0.1) is 12.8 Å². The average Bonchev–Trinajstić information content (AvgIpc) is 3.08. The van der Waals surface area contributed by atoms with Gasteiger partial charge in [-0.3, -0.25) is 4.79 Å². The molecular weight excluding hydrogens is 392 g/mol. The monoisotopic (exact) mass is 412 g/mol. The summed E-state index contributed by atoms with van der Waals surface area (Å²) >= 11 is 7.37. The molecule has 8 heteroatoms. The number of hydrogen-bond acceptors (Lipinski definition) is 4. The lowest BCUT2D eigenvalue weighted by molar-refractivity contribution is -0.126. The predicted octanol–water partition coefficient (Wildman–Crippen LogP) is 3.43. The molecule has 0 unspecified atom stereocenters. The normalized spacial score (nSPS) is 18.6. The highest BCUT2D eigenvalue weighted by molar-refractivity contribution is 7.91. The summed E-state index contributed by atoms with van der Waals surface area (Å²) in [4.78, 5) is 13.5. The second-order valence-corrected chi connectivity index (χ2v) is 10.2. The topological polar surface area (TPSA) is 66.5 Å². The minimum absolute atomic E-state index is 0.132. The Hall–Kier alpha value is -1.41. The fourth-order valence-electron chi connectivity index (χ4n) is 3.02. The first kappa shape index (κ1) is 19.4. The Kier molecular flexibility index (Phi) is 6.02. The van der Waals surface area contributed by atoms with Crippen LogP contribution in [0.4, 0.5) is 0 Å². The highest BCUT2D eigenvalue weighted by atomic mass is 35.5. The van der Waals surface area contributed by atoms with Gasteiger partial charge in [0.2, 0.25) is 5.91 Å². The molecule has 2 heterocycles. The lowest BCUT2D eigenvalue weighted by Gasteiger charge is -2.30. The van der Waals surface area contributed by atoms with Crippen LogP contribution in [0.1, 0.15) is 23.3 Å². The summed E-state index contributed by atoms with van der Waals surface area (Å²) in [7, 11) is -3.53. The summed E-state index contributed by atoms with van der Waals surface area (Å²) in [6, 6.07) is 10.8. The number of thiophene rings is 1. The highest BCUT2D eigenvalue weighted by Gasteiger charge is 2.33. The molecule has 140 valence electrons. The van der Waals surface area contributed by atoms with Crippen LogP contribution in [-0.2, 0) is 21.4 Å². The van der Waals surface area contributed by atoms with Crippen molar-refractivity contribution in [2.75, 3.05) is 13.1 Å². The van der Waals surface area contributed by atoms with Gasteiger partial charge in [0, 0.05) is 29.5 Å². The third-order valence-electron chi connectivity index (χ3n) is 4.48. The first-order valence-electron chi connectivity index (χ1n) is 8.45. The number of carbonyl (C=O) groups excluding carboxylic acids is 1. The molecule has 1 saturated heterocycles. The summed E-state index contributed by atoms with van der Waals surface area (Å²) in [5, 5.41) is 3.49. The molecule has 1 amide bonds. The summed E-state index contributed by atoms with van der Waals surface area (Å²) < 4.78 is 27.3. The van der Waals surface area contributed by atoms with Crippen molar-refractivity contribution in [1.29, 1.82) is 0 Å². The van der Waals surface area contributed by atoms with E-state index in [1.54, 1.807) is 18.2 Å². The number of amides is 1. The standard InChI is InChI=1S/C18H21ClN2O3S2/c1-13-8-9-17(25-13)26(23,24)21-10-4-6-15(12-21)18(22)20-11-14-5-2-3-7-16(14)19/h2-3,5,7-9,15H,4,6,10-12H2,1H3,(H,20,22)/t15-/m1/s1. The van der Waals surface area contributed by atoms with Crippen LogP contribution in [0.25, 0.3) is 0 Å². The smallest absolute Gasteiger partial charge is 0.252 e.